The Labute approximate surface area is 225 Å². The van der Waals surface area contributed by atoms with Crippen molar-refractivity contribution in [1.82, 2.24) is 14.7 Å². The molecule has 202 valence electrons. The standard InChI is InChI=1S/C31H39N3O4/c1-20(2)26-22-12-6-8-14-24(22)28(35)33(30(26)37)18-10-16-32(5)17-11-19-34-29(36)25-15-9-7-13-23(25)27(21(3)4)31(34)38/h6-9,12-15,20-21,26-27H,10-11,16-19H2,1-5H3. The molecular formula is C31H39N3O4. The van der Waals surface area contributed by atoms with Crippen LogP contribution in [0.3, 0.4) is 0 Å². The first kappa shape index (κ1) is 27.7. The number of fused-ring (bicyclic) bond motifs is 2. The van der Waals surface area contributed by atoms with E-state index in [1.54, 1.807) is 0 Å². The molecule has 2 heterocycles. The molecule has 0 aromatic heterocycles. The molecule has 2 aliphatic heterocycles. The molecule has 38 heavy (non-hydrogen) atoms. The third kappa shape index (κ3) is 5.30. The van der Waals surface area contributed by atoms with Crippen molar-refractivity contribution in [3.8, 4) is 0 Å². The molecule has 2 unspecified atom stereocenters. The van der Waals surface area contributed by atoms with Gasteiger partial charge in [0.25, 0.3) is 11.8 Å². The Morgan fingerprint density at radius 3 is 1.39 bits per heavy atom. The molecule has 0 N–H and O–H groups in total. The number of nitrogens with zero attached hydrogens (tertiary/aromatic N) is 3. The Morgan fingerprint density at radius 2 is 1.03 bits per heavy atom. The van der Waals surface area contributed by atoms with Gasteiger partial charge in [-0.2, -0.15) is 0 Å². The smallest absolute Gasteiger partial charge is 0.260 e. The minimum atomic E-state index is -0.305. The van der Waals surface area contributed by atoms with Crippen LogP contribution >= 0.6 is 0 Å². The summed E-state index contributed by atoms with van der Waals surface area (Å²) in [6, 6.07) is 14.8. The predicted octanol–water partition coefficient (Wildman–Crippen LogP) is 4.54. The molecule has 0 spiro atoms. The van der Waals surface area contributed by atoms with Gasteiger partial charge in [0.1, 0.15) is 0 Å². The lowest BCUT2D eigenvalue weighted by molar-refractivity contribution is -0.132. The van der Waals surface area contributed by atoms with Crippen LogP contribution in [0.15, 0.2) is 48.5 Å². The van der Waals surface area contributed by atoms with Crippen LogP contribution in [0.2, 0.25) is 0 Å². The van der Waals surface area contributed by atoms with Gasteiger partial charge in [0.05, 0.1) is 11.8 Å². The molecule has 2 aromatic carbocycles. The van der Waals surface area contributed by atoms with Crippen molar-refractivity contribution in [2.45, 2.75) is 52.4 Å². The van der Waals surface area contributed by atoms with E-state index < -0.39 is 0 Å². The van der Waals surface area contributed by atoms with Crippen LogP contribution in [0.4, 0.5) is 0 Å². The first-order valence-corrected chi connectivity index (χ1v) is 13.7. The Balaban J connectivity index is 1.31. The van der Waals surface area contributed by atoms with Crippen molar-refractivity contribution in [3.05, 3.63) is 70.8 Å². The summed E-state index contributed by atoms with van der Waals surface area (Å²) in [5, 5.41) is 0. The number of amides is 4. The van der Waals surface area contributed by atoms with E-state index >= 15 is 0 Å². The normalized spacial score (nSPS) is 19.6. The Bertz CT molecular complexity index is 1130. The number of hydrogen-bond donors (Lipinski definition) is 0. The summed E-state index contributed by atoms with van der Waals surface area (Å²) in [5.41, 5.74) is 2.90. The lowest BCUT2D eigenvalue weighted by Crippen LogP contribution is -2.47. The number of benzene rings is 2. The number of carbonyl (C=O) groups is 4. The molecule has 7 heteroatoms. The lowest BCUT2D eigenvalue weighted by atomic mass is 9.81. The first-order chi connectivity index (χ1) is 18.1. The van der Waals surface area contributed by atoms with Crippen molar-refractivity contribution in [2.24, 2.45) is 11.8 Å². The van der Waals surface area contributed by atoms with Crippen LogP contribution in [0.25, 0.3) is 0 Å². The zero-order valence-electron chi connectivity index (χ0n) is 23.1. The minimum absolute atomic E-state index is 0.101. The van der Waals surface area contributed by atoms with Gasteiger partial charge in [-0.3, -0.25) is 29.0 Å². The Morgan fingerprint density at radius 1 is 0.658 bits per heavy atom. The zero-order chi connectivity index (χ0) is 27.6. The molecule has 0 aliphatic carbocycles. The fraction of sp³-hybridized carbons (Fsp3) is 0.484. The number of rotatable bonds is 10. The van der Waals surface area contributed by atoms with Gasteiger partial charge >= 0.3 is 0 Å². The van der Waals surface area contributed by atoms with Crippen molar-refractivity contribution >= 4 is 23.6 Å². The van der Waals surface area contributed by atoms with Gasteiger partial charge in [-0.15, -0.1) is 0 Å². The van der Waals surface area contributed by atoms with Gasteiger partial charge in [0, 0.05) is 24.2 Å². The summed E-state index contributed by atoms with van der Waals surface area (Å²) in [5.74, 6) is -1.07. The van der Waals surface area contributed by atoms with Gasteiger partial charge in [-0.1, -0.05) is 64.1 Å². The molecule has 0 fully saturated rings. The van der Waals surface area contributed by atoms with Crippen LogP contribution in [0.5, 0.6) is 0 Å². The number of imide groups is 2. The van der Waals surface area contributed by atoms with E-state index in [1.165, 1.54) is 9.80 Å². The Kier molecular flexibility index (Phi) is 8.46. The highest BCUT2D eigenvalue weighted by atomic mass is 16.2. The molecule has 0 radical (unpaired) electrons. The molecule has 4 rings (SSSR count). The van der Waals surface area contributed by atoms with Crippen LogP contribution in [-0.4, -0.2) is 71.6 Å². The first-order valence-electron chi connectivity index (χ1n) is 13.7. The second kappa shape index (κ2) is 11.6. The van der Waals surface area contributed by atoms with Crippen LogP contribution in [0, 0.1) is 11.8 Å². The summed E-state index contributed by atoms with van der Waals surface area (Å²) in [7, 11) is 1.98. The monoisotopic (exact) mass is 517 g/mol. The van der Waals surface area contributed by atoms with Crippen molar-refractivity contribution in [2.75, 3.05) is 33.2 Å². The molecule has 2 aromatic rings. The quantitative estimate of drug-likeness (QED) is 0.433. The molecule has 0 bridgehead atoms. The van der Waals surface area contributed by atoms with E-state index in [0.717, 1.165) is 11.1 Å². The summed E-state index contributed by atoms with van der Waals surface area (Å²) >= 11 is 0. The zero-order valence-corrected chi connectivity index (χ0v) is 23.1. The molecule has 0 saturated carbocycles. The number of hydrogen-bond acceptors (Lipinski definition) is 5. The van der Waals surface area contributed by atoms with Crippen molar-refractivity contribution in [1.29, 1.82) is 0 Å². The number of carbonyl (C=O) groups excluding carboxylic acids is 4. The van der Waals surface area contributed by atoms with Crippen LogP contribution in [-0.2, 0) is 9.59 Å². The van der Waals surface area contributed by atoms with E-state index in [1.807, 2.05) is 83.3 Å². The molecule has 0 saturated heterocycles. The largest absolute Gasteiger partial charge is 0.306 e. The SMILES string of the molecule is CC(C)C1C(=O)N(CCCN(C)CCCN2C(=O)c3ccccc3C(C(C)C)C2=O)C(=O)c2ccccc21. The van der Waals surface area contributed by atoms with Gasteiger partial charge in [-0.25, -0.2) is 0 Å². The van der Waals surface area contributed by atoms with Crippen molar-refractivity contribution < 1.29 is 19.2 Å². The van der Waals surface area contributed by atoms with Crippen molar-refractivity contribution in [3.63, 3.8) is 0 Å². The van der Waals surface area contributed by atoms with E-state index in [9.17, 15) is 19.2 Å². The topological polar surface area (TPSA) is 78.0 Å². The summed E-state index contributed by atoms with van der Waals surface area (Å²) < 4.78 is 0. The maximum atomic E-state index is 13.2. The maximum Gasteiger partial charge on any atom is 0.260 e. The average molecular weight is 518 g/mol. The lowest BCUT2D eigenvalue weighted by Gasteiger charge is -2.35. The van der Waals surface area contributed by atoms with E-state index in [0.29, 0.717) is 50.1 Å². The fourth-order valence-corrected chi connectivity index (χ4v) is 5.84. The fourth-order valence-electron chi connectivity index (χ4n) is 5.84. The summed E-state index contributed by atoms with van der Waals surface area (Å²) in [6.45, 7) is 10.2. The third-order valence-electron chi connectivity index (χ3n) is 7.78. The van der Waals surface area contributed by atoms with Crippen LogP contribution in [0.1, 0.15) is 84.2 Å². The van der Waals surface area contributed by atoms with Gasteiger partial charge < -0.3 is 4.90 Å². The van der Waals surface area contributed by atoms with E-state index in [4.69, 9.17) is 0 Å². The molecular weight excluding hydrogens is 478 g/mol. The maximum absolute atomic E-state index is 13.2. The van der Waals surface area contributed by atoms with Gasteiger partial charge in [-0.05, 0) is 68.1 Å². The highest BCUT2D eigenvalue weighted by molar-refractivity contribution is 6.12. The van der Waals surface area contributed by atoms with Crippen LogP contribution < -0.4 is 0 Å². The Hall–Kier alpha value is -3.32. The van der Waals surface area contributed by atoms with E-state index in [2.05, 4.69) is 4.90 Å². The highest BCUT2D eigenvalue weighted by Crippen LogP contribution is 2.35. The molecule has 4 amide bonds. The molecule has 2 aliphatic rings. The second-order valence-electron chi connectivity index (χ2n) is 11.2. The summed E-state index contributed by atoms with van der Waals surface area (Å²) in [6.07, 6.45) is 1.32. The van der Waals surface area contributed by atoms with E-state index in [-0.39, 0.29) is 47.3 Å². The highest BCUT2D eigenvalue weighted by Gasteiger charge is 2.40. The second-order valence-corrected chi connectivity index (χ2v) is 11.2. The minimum Gasteiger partial charge on any atom is -0.306 e. The molecule has 7 nitrogen and oxygen atoms in total. The molecule has 2 atom stereocenters. The van der Waals surface area contributed by atoms with Gasteiger partial charge in [0.2, 0.25) is 11.8 Å². The summed E-state index contributed by atoms with van der Waals surface area (Å²) in [4.78, 5) is 57.5. The third-order valence-corrected chi connectivity index (χ3v) is 7.78. The predicted molar refractivity (Wildman–Crippen MR) is 147 cm³/mol. The van der Waals surface area contributed by atoms with Gasteiger partial charge in [0.15, 0.2) is 0 Å². The average Bonchev–Trinajstić information content (AvgIpc) is 2.87.